The van der Waals surface area contributed by atoms with Crippen LogP contribution in [0.25, 0.3) is 0 Å². The first-order valence-electron chi connectivity index (χ1n) is 4.65. The van der Waals surface area contributed by atoms with E-state index in [4.69, 9.17) is 6.42 Å². The molecule has 3 nitrogen and oxygen atoms in total. The van der Waals surface area contributed by atoms with Gasteiger partial charge in [0, 0.05) is 13.2 Å². The minimum absolute atomic E-state index is 0.350. The molecule has 1 aromatic heterocycles. The van der Waals surface area contributed by atoms with Crippen LogP contribution in [0, 0.1) is 12.3 Å². The van der Waals surface area contributed by atoms with Gasteiger partial charge >= 0.3 is 5.97 Å². The van der Waals surface area contributed by atoms with Crippen molar-refractivity contribution in [2.45, 2.75) is 19.3 Å². The van der Waals surface area contributed by atoms with Gasteiger partial charge in [-0.15, -0.1) is 6.42 Å². The minimum Gasteiger partial charge on any atom is -0.464 e. The van der Waals surface area contributed by atoms with Gasteiger partial charge in [-0.05, 0) is 25.5 Å². The van der Waals surface area contributed by atoms with Gasteiger partial charge in [-0.3, -0.25) is 0 Å². The van der Waals surface area contributed by atoms with Crippen molar-refractivity contribution in [2.75, 3.05) is 7.11 Å². The number of methoxy groups -OCH3 is 1. The van der Waals surface area contributed by atoms with Crippen LogP contribution in [-0.4, -0.2) is 17.6 Å². The molecule has 0 aliphatic heterocycles. The third-order valence-corrected chi connectivity index (χ3v) is 2.48. The first-order chi connectivity index (χ1) is 6.92. The Morgan fingerprint density at radius 1 is 1.60 bits per heavy atom. The molecule has 3 heteroatoms. The van der Waals surface area contributed by atoms with Crippen molar-refractivity contribution in [3.63, 3.8) is 0 Å². The van der Waals surface area contributed by atoms with Crippen molar-refractivity contribution in [3.8, 4) is 12.3 Å². The lowest BCUT2D eigenvalue weighted by Gasteiger charge is -2.14. The van der Waals surface area contributed by atoms with Gasteiger partial charge in [0.15, 0.2) is 0 Å². The Morgan fingerprint density at radius 2 is 2.20 bits per heavy atom. The third kappa shape index (κ3) is 2.04. The largest absolute Gasteiger partial charge is 0.464 e. The molecule has 0 bridgehead atoms. The Labute approximate surface area is 90.0 Å². The molecule has 0 spiro atoms. The first-order valence-corrected chi connectivity index (χ1v) is 4.65. The highest BCUT2D eigenvalue weighted by atomic mass is 16.5. The summed E-state index contributed by atoms with van der Waals surface area (Å²) in [6.45, 7) is 3.87. The number of aryl methyl sites for hydroxylation is 1. The molecule has 0 fully saturated rings. The second-order valence-electron chi connectivity index (χ2n) is 3.99. The molecule has 15 heavy (non-hydrogen) atoms. The van der Waals surface area contributed by atoms with Crippen molar-refractivity contribution >= 4 is 5.97 Å². The predicted octanol–water partition coefficient (Wildman–Crippen LogP) is 1.72. The lowest BCUT2D eigenvalue weighted by atomic mass is 9.87. The maximum Gasteiger partial charge on any atom is 0.354 e. The molecule has 0 radical (unpaired) electrons. The summed E-state index contributed by atoms with van der Waals surface area (Å²) in [5, 5.41) is 0. The molecule has 80 valence electrons. The van der Waals surface area contributed by atoms with Crippen molar-refractivity contribution < 1.29 is 9.53 Å². The Kier molecular flexibility index (Phi) is 2.90. The third-order valence-electron chi connectivity index (χ3n) is 2.48. The fraction of sp³-hybridized carbons (Fsp3) is 0.417. The van der Waals surface area contributed by atoms with Gasteiger partial charge in [-0.1, -0.05) is 5.92 Å². The van der Waals surface area contributed by atoms with Gasteiger partial charge in [0.1, 0.15) is 5.69 Å². The van der Waals surface area contributed by atoms with Gasteiger partial charge in [-0.25, -0.2) is 4.79 Å². The van der Waals surface area contributed by atoms with Crippen molar-refractivity contribution in [1.82, 2.24) is 4.57 Å². The number of aromatic nitrogens is 1. The highest BCUT2D eigenvalue weighted by Gasteiger charge is 2.22. The number of carbonyl (C=O) groups excluding carboxylic acids is 1. The summed E-state index contributed by atoms with van der Waals surface area (Å²) in [5.74, 6) is 2.34. The van der Waals surface area contributed by atoms with E-state index in [1.165, 1.54) is 7.11 Å². The summed E-state index contributed by atoms with van der Waals surface area (Å²) in [4.78, 5) is 11.4. The number of terminal acetylenes is 1. The quantitative estimate of drug-likeness (QED) is 0.544. The number of carbonyl (C=O) groups is 1. The fourth-order valence-corrected chi connectivity index (χ4v) is 1.30. The van der Waals surface area contributed by atoms with Crippen LogP contribution in [-0.2, 0) is 17.2 Å². The van der Waals surface area contributed by atoms with Crippen LogP contribution in [0.4, 0.5) is 0 Å². The van der Waals surface area contributed by atoms with E-state index in [0.717, 1.165) is 5.56 Å². The topological polar surface area (TPSA) is 31.2 Å². The molecular weight excluding hydrogens is 190 g/mol. The molecule has 0 saturated heterocycles. The average molecular weight is 205 g/mol. The molecular formula is C12H15NO2. The van der Waals surface area contributed by atoms with Gasteiger partial charge in [-0.2, -0.15) is 0 Å². The number of hydrogen-bond donors (Lipinski definition) is 0. The van der Waals surface area contributed by atoms with Crippen LogP contribution < -0.4 is 0 Å². The summed E-state index contributed by atoms with van der Waals surface area (Å²) in [5.41, 5.74) is 1.08. The number of nitrogens with zero attached hydrogens (tertiary/aromatic N) is 1. The SMILES string of the molecule is C#CC(C)(C)c1cc(C(=O)OC)n(C)c1. The van der Waals surface area contributed by atoms with Crippen LogP contribution in [0.3, 0.4) is 0 Å². The zero-order valence-corrected chi connectivity index (χ0v) is 9.50. The molecule has 0 atom stereocenters. The number of ether oxygens (including phenoxy) is 1. The summed E-state index contributed by atoms with van der Waals surface area (Å²) in [7, 11) is 3.16. The Morgan fingerprint density at radius 3 is 2.67 bits per heavy atom. The van der Waals surface area contributed by atoms with Crippen LogP contribution in [0.2, 0.25) is 0 Å². The van der Waals surface area contributed by atoms with E-state index in [2.05, 4.69) is 10.7 Å². The maximum absolute atomic E-state index is 11.4. The second-order valence-corrected chi connectivity index (χ2v) is 3.99. The van der Waals surface area contributed by atoms with E-state index in [1.807, 2.05) is 20.0 Å². The molecule has 0 saturated carbocycles. The Hall–Kier alpha value is -1.69. The standard InChI is InChI=1S/C12H15NO2/c1-6-12(2,3)9-7-10(11(14)15-5)13(4)8-9/h1,7-8H,2-5H3. The van der Waals surface area contributed by atoms with Crippen LogP contribution in [0.1, 0.15) is 29.9 Å². The first kappa shape index (κ1) is 11.4. The van der Waals surface area contributed by atoms with Crippen LogP contribution in [0.15, 0.2) is 12.3 Å². The zero-order valence-electron chi connectivity index (χ0n) is 9.50. The van der Waals surface area contributed by atoms with E-state index in [-0.39, 0.29) is 11.4 Å². The maximum atomic E-state index is 11.4. The normalized spacial score (nSPS) is 10.9. The van der Waals surface area contributed by atoms with E-state index < -0.39 is 0 Å². The molecule has 1 aromatic rings. The Bertz CT molecular complexity index is 421. The fourth-order valence-electron chi connectivity index (χ4n) is 1.30. The van der Waals surface area contributed by atoms with Crippen LogP contribution >= 0.6 is 0 Å². The number of hydrogen-bond acceptors (Lipinski definition) is 2. The molecule has 0 aliphatic rings. The summed E-state index contributed by atoms with van der Waals surface area (Å²) >= 11 is 0. The smallest absolute Gasteiger partial charge is 0.354 e. The number of esters is 1. The summed E-state index contributed by atoms with van der Waals surface area (Å²) in [6, 6.07) is 1.77. The van der Waals surface area contributed by atoms with Crippen molar-refractivity contribution in [1.29, 1.82) is 0 Å². The van der Waals surface area contributed by atoms with Gasteiger partial charge in [0.05, 0.1) is 12.5 Å². The summed E-state index contributed by atoms with van der Waals surface area (Å²) in [6.07, 6.45) is 7.28. The predicted molar refractivity (Wildman–Crippen MR) is 58.6 cm³/mol. The van der Waals surface area contributed by atoms with E-state index in [1.54, 1.807) is 17.7 Å². The van der Waals surface area contributed by atoms with E-state index >= 15 is 0 Å². The lowest BCUT2D eigenvalue weighted by Crippen LogP contribution is -2.12. The molecule has 1 heterocycles. The van der Waals surface area contributed by atoms with Crippen molar-refractivity contribution in [2.24, 2.45) is 7.05 Å². The number of rotatable bonds is 2. The zero-order chi connectivity index (χ0) is 11.6. The van der Waals surface area contributed by atoms with Crippen molar-refractivity contribution in [3.05, 3.63) is 23.5 Å². The molecule has 1 rings (SSSR count). The molecule has 0 aromatic carbocycles. The summed E-state index contributed by atoms with van der Waals surface area (Å²) < 4.78 is 6.39. The monoisotopic (exact) mass is 205 g/mol. The van der Waals surface area contributed by atoms with Gasteiger partial charge in [0.25, 0.3) is 0 Å². The molecule has 0 unspecified atom stereocenters. The average Bonchev–Trinajstić information content (AvgIpc) is 2.60. The molecule has 0 aliphatic carbocycles. The molecule has 0 N–H and O–H groups in total. The lowest BCUT2D eigenvalue weighted by molar-refractivity contribution is 0.0590. The highest BCUT2D eigenvalue weighted by molar-refractivity contribution is 5.88. The second kappa shape index (κ2) is 3.82. The minimum atomic E-state index is -0.371. The van der Waals surface area contributed by atoms with E-state index in [0.29, 0.717) is 5.69 Å². The Balaban J connectivity index is 3.18. The van der Waals surface area contributed by atoms with Gasteiger partial charge < -0.3 is 9.30 Å². The van der Waals surface area contributed by atoms with E-state index in [9.17, 15) is 4.79 Å². The highest BCUT2D eigenvalue weighted by Crippen LogP contribution is 2.24. The van der Waals surface area contributed by atoms with Gasteiger partial charge in [0.2, 0.25) is 0 Å². The molecule has 0 amide bonds. The van der Waals surface area contributed by atoms with Crippen LogP contribution in [0.5, 0.6) is 0 Å².